The largest absolute Gasteiger partial charge is 0.494 e. The molecule has 0 saturated heterocycles. The van der Waals surface area contributed by atoms with Crippen LogP contribution in [0.15, 0.2) is 60.7 Å². The summed E-state index contributed by atoms with van der Waals surface area (Å²) in [7, 11) is 0. The van der Waals surface area contributed by atoms with Gasteiger partial charge in [-0.1, -0.05) is 24.3 Å². The minimum Gasteiger partial charge on any atom is -0.494 e. The van der Waals surface area contributed by atoms with Crippen LogP contribution < -0.4 is 20.5 Å². The molecule has 6 rings (SSSR count). The van der Waals surface area contributed by atoms with Crippen LogP contribution in [-0.4, -0.2) is 54.0 Å². The van der Waals surface area contributed by atoms with Gasteiger partial charge in [0.05, 0.1) is 19.1 Å². The molecule has 0 radical (unpaired) electrons. The molecule has 9 nitrogen and oxygen atoms in total. The van der Waals surface area contributed by atoms with Crippen LogP contribution in [0.1, 0.15) is 48.1 Å². The van der Waals surface area contributed by atoms with E-state index in [-0.39, 0.29) is 43.0 Å². The molecule has 41 heavy (non-hydrogen) atoms. The molecule has 216 valence electrons. The monoisotopic (exact) mass is 563 g/mol. The summed E-state index contributed by atoms with van der Waals surface area (Å²) in [5, 5.41) is 10.3. The molecule has 3 aliphatic rings. The number of fused-ring (bicyclic) bond motifs is 7. The first kappa shape index (κ1) is 29.5. The first-order chi connectivity index (χ1) is 19.7. The molecule has 10 heteroatoms. The maximum absolute atomic E-state index is 14.6. The van der Waals surface area contributed by atoms with Crippen molar-refractivity contribution in [2.24, 2.45) is 5.73 Å². The lowest BCUT2D eigenvalue weighted by atomic mass is 9.87. The van der Waals surface area contributed by atoms with Gasteiger partial charge in [0, 0.05) is 33.0 Å². The van der Waals surface area contributed by atoms with E-state index in [4.69, 9.17) is 25.1 Å². The molecule has 3 aromatic carbocycles. The third-order valence-electron chi connectivity index (χ3n) is 6.70. The number of nitrogens with zero attached hydrogens (tertiary/aromatic N) is 1. The molecule has 3 aliphatic heterocycles. The van der Waals surface area contributed by atoms with Gasteiger partial charge in [-0.15, -0.1) is 0 Å². The lowest BCUT2D eigenvalue weighted by molar-refractivity contribution is -0.134. The fraction of sp³-hybridized carbons (Fsp3) is 0.323. The lowest BCUT2D eigenvalue weighted by Gasteiger charge is -2.38. The molecule has 0 spiro atoms. The molecule has 3 aromatic rings. The predicted molar refractivity (Wildman–Crippen MR) is 150 cm³/mol. The van der Waals surface area contributed by atoms with Gasteiger partial charge in [0.1, 0.15) is 11.5 Å². The third-order valence-corrected chi connectivity index (χ3v) is 6.70. The summed E-state index contributed by atoms with van der Waals surface area (Å²) in [5.41, 5.74) is 9.31. The Balaban J connectivity index is 0.000000909. The Morgan fingerprint density at radius 2 is 1.93 bits per heavy atom. The van der Waals surface area contributed by atoms with Crippen LogP contribution in [0.5, 0.6) is 17.2 Å². The molecule has 0 aliphatic carbocycles. The second kappa shape index (κ2) is 13.8. The second-order valence-corrected chi connectivity index (χ2v) is 9.83. The van der Waals surface area contributed by atoms with Crippen LogP contribution in [0, 0.1) is 5.82 Å². The van der Waals surface area contributed by atoms with Crippen molar-refractivity contribution >= 4 is 17.8 Å². The number of carboxylic acids is 1. The van der Waals surface area contributed by atoms with Gasteiger partial charge >= 0.3 is 0 Å². The van der Waals surface area contributed by atoms with Crippen molar-refractivity contribution < 1.29 is 33.4 Å². The van der Waals surface area contributed by atoms with Crippen molar-refractivity contribution in [2.75, 3.05) is 26.2 Å². The Labute approximate surface area is 238 Å². The molecular weight excluding hydrogens is 529 g/mol. The summed E-state index contributed by atoms with van der Waals surface area (Å²) in [6.07, 6.45) is 1.66. The summed E-state index contributed by atoms with van der Waals surface area (Å²) in [6.45, 7) is 2.79. The molecule has 4 N–H and O–H groups in total. The highest BCUT2D eigenvalue weighted by molar-refractivity contribution is 5.79. The molecular formula is C31H34FN3O6. The van der Waals surface area contributed by atoms with Gasteiger partial charge in [-0.3, -0.25) is 14.4 Å². The van der Waals surface area contributed by atoms with E-state index in [2.05, 4.69) is 5.32 Å². The summed E-state index contributed by atoms with van der Waals surface area (Å²) in [4.78, 5) is 36.3. The van der Waals surface area contributed by atoms with Gasteiger partial charge in [-0.05, 0) is 71.5 Å². The zero-order valence-electron chi connectivity index (χ0n) is 22.9. The van der Waals surface area contributed by atoms with Crippen LogP contribution >= 0.6 is 0 Å². The van der Waals surface area contributed by atoms with E-state index in [1.54, 1.807) is 18.2 Å². The standard InChI is InChI=1S/C29H30FN3O4.C2H4O2/c30-25-8-5-19-15-26(25)37-23-6-7-24-20(17-23)10-13-33(28(35)9-11-31)29(24)21-3-1-4-22(18-21)36-14-2-12-32-27(34)16-19;1-2(3)4/h1,3-8,15,17-18,29H,2,9-14,16,31H2,(H,32,34);1H3,(H,3,4). The summed E-state index contributed by atoms with van der Waals surface area (Å²) >= 11 is 0. The number of hydrogen-bond acceptors (Lipinski definition) is 6. The van der Waals surface area contributed by atoms with E-state index in [0.717, 1.165) is 23.6 Å². The smallest absolute Gasteiger partial charge is 0.300 e. The van der Waals surface area contributed by atoms with Gasteiger partial charge in [-0.2, -0.15) is 0 Å². The number of carboxylic acid groups (broad SMARTS) is 1. The van der Waals surface area contributed by atoms with E-state index in [0.29, 0.717) is 49.6 Å². The van der Waals surface area contributed by atoms with Gasteiger partial charge in [0.2, 0.25) is 11.8 Å². The first-order valence-corrected chi connectivity index (χ1v) is 13.5. The summed E-state index contributed by atoms with van der Waals surface area (Å²) in [5.74, 6) is -0.228. The number of amides is 2. The quantitative estimate of drug-likeness (QED) is 0.430. The molecule has 0 saturated carbocycles. The van der Waals surface area contributed by atoms with Gasteiger partial charge in [0.25, 0.3) is 5.97 Å². The maximum Gasteiger partial charge on any atom is 0.300 e. The number of nitrogens with one attached hydrogen (secondary N) is 1. The highest BCUT2D eigenvalue weighted by atomic mass is 19.1. The summed E-state index contributed by atoms with van der Waals surface area (Å²) in [6, 6.07) is 17.5. The van der Waals surface area contributed by atoms with Crippen molar-refractivity contribution in [1.29, 1.82) is 0 Å². The average molecular weight is 564 g/mol. The van der Waals surface area contributed by atoms with Crippen molar-refractivity contribution in [1.82, 2.24) is 10.2 Å². The number of carbonyl (C=O) groups is 3. The number of aliphatic carboxylic acids is 1. The average Bonchev–Trinajstić information content (AvgIpc) is 2.93. The number of halogens is 1. The number of benzene rings is 3. The van der Waals surface area contributed by atoms with Crippen molar-refractivity contribution in [2.45, 2.75) is 38.6 Å². The molecule has 1 unspecified atom stereocenters. The van der Waals surface area contributed by atoms with Crippen LogP contribution in [0.25, 0.3) is 0 Å². The maximum atomic E-state index is 14.6. The SMILES string of the molecule is CC(=O)O.NCCC(=O)N1CCc2cc3ccc2C1c1cccc(c1)OCCCNC(=O)Cc1ccc(F)c(c1)O3. The Kier molecular flexibility index (Phi) is 9.91. The number of rotatable bonds is 2. The molecule has 0 aromatic heterocycles. The van der Waals surface area contributed by atoms with E-state index in [1.165, 1.54) is 6.07 Å². The van der Waals surface area contributed by atoms with E-state index >= 15 is 0 Å². The Hall–Kier alpha value is -4.44. The van der Waals surface area contributed by atoms with Crippen LogP contribution in [0.3, 0.4) is 0 Å². The minimum absolute atomic E-state index is 0.00202. The fourth-order valence-electron chi connectivity index (χ4n) is 4.94. The van der Waals surface area contributed by atoms with E-state index < -0.39 is 11.8 Å². The van der Waals surface area contributed by atoms with Gasteiger partial charge in [0.15, 0.2) is 11.6 Å². The fourth-order valence-corrected chi connectivity index (χ4v) is 4.94. The van der Waals surface area contributed by atoms with Gasteiger partial charge in [-0.25, -0.2) is 4.39 Å². The molecule has 1 atom stereocenters. The minimum atomic E-state index is -0.833. The molecule has 0 fully saturated rings. The molecule has 8 bridgehead atoms. The number of ether oxygens (including phenoxy) is 2. The highest BCUT2D eigenvalue weighted by Crippen LogP contribution is 2.39. The van der Waals surface area contributed by atoms with Crippen LogP contribution in [0.4, 0.5) is 4.39 Å². The molecule has 2 amide bonds. The van der Waals surface area contributed by atoms with Crippen LogP contribution in [-0.2, 0) is 27.2 Å². The van der Waals surface area contributed by atoms with Crippen molar-refractivity contribution in [3.8, 4) is 17.2 Å². The van der Waals surface area contributed by atoms with Crippen molar-refractivity contribution in [3.63, 3.8) is 0 Å². The van der Waals surface area contributed by atoms with Gasteiger partial charge < -0.3 is 30.5 Å². The topological polar surface area (TPSA) is 131 Å². The Bertz CT molecular complexity index is 1410. The Morgan fingerprint density at radius 1 is 1.12 bits per heavy atom. The van der Waals surface area contributed by atoms with E-state index in [1.807, 2.05) is 41.3 Å². The van der Waals surface area contributed by atoms with Crippen LogP contribution in [0.2, 0.25) is 0 Å². The number of carbonyl (C=O) groups excluding carboxylic acids is 2. The second-order valence-electron chi connectivity index (χ2n) is 9.83. The Morgan fingerprint density at radius 3 is 2.71 bits per heavy atom. The summed E-state index contributed by atoms with van der Waals surface area (Å²) < 4.78 is 26.5. The normalized spacial score (nSPS) is 16.4. The lowest BCUT2D eigenvalue weighted by Crippen LogP contribution is -2.41. The number of nitrogens with two attached hydrogens (primary N) is 1. The van der Waals surface area contributed by atoms with Crippen molar-refractivity contribution in [3.05, 3.63) is 88.7 Å². The van der Waals surface area contributed by atoms with E-state index in [9.17, 15) is 14.0 Å². The third kappa shape index (κ3) is 7.82. The predicted octanol–water partition coefficient (Wildman–Crippen LogP) is 3.97. The molecule has 3 heterocycles. The zero-order chi connectivity index (χ0) is 29.4. The number of hydrogen-bond donors (Lipinski definition) is 3. The first-order valence-electron chi connectivity index (χ1n) is 13.5. The zero-order valence-corrected chi connectivity index (χ0v) is 22.9. The highest BCUT2D eigenvalue weighted by Gasteiger charge is 2.32.